The molecule has 0 saturated heterocycles. The van der Waals surface area contributed by atoms with Gasteiger partial charge in [0.15, 0.2) is 0 Å². The first kappa shape index (κ1) is 9.04. The zero-order valence-corrected chi connectivity index (χ0v) is 11.1. The van der Waals surface area contributed by atoms with Crippen LogP contribution in [0.25, 0.3) is 0 Å². The van der Waals surface area contributed by atoms with Gasteiger partial charge < -0.3 is 0 Å². The molecule has 2 heteroatoms. The van der Waals surface area contributed by atoms with Gasteiger partial charge in [0.25, 0.3) is 0 Å². The summed E-state index contributed by atoms with van der Waals surface area (Å²) in [6, 6.07) is 6.28. The van der Waals surface area contributed by atoms with Crippen LogP contribution in [0, 0.1) is 0 Å². The van der Waals surface area contributed by atoms with Crippen molar-refractivity contribution in [1.82, 2.24) is 4.98 Å². The van der Waals surface area contributed by atoms with Gasteiger partial charge in [0.1, 0.15) is 0 Å². The van der Waals surface area contributed by atoms with E-state index >= 15 is 0 Å². The third kappa shape index (κ3) is 3.75. The van der Waals surface area contributed by atoms with Crippen molar-refractivity contribution in [2.24, 2.45) is 0 Å². The van der Waals surface area contributed by atoms with E-state index in [2.05, 4.69) is 24.0 Å². The SMILES string of the molecule is CCC[CH2][SnH2][c]1ccccn1. The van der Waals surface area contributed by atoms with Crippen molar-refractivity contribution in [1.29, 1.82) is 0 Å². The minimum absolute atomic E-state index is 0.631. The molecule has 1 aromatic rings. The summed E-state index contributed by atoms with van der Waals surface area (Å²) in [7, 11) is 0. The van der Waals surface area contributed by atoms with E-state index in [-0.39, 0.29) is 0 Å². The first-order valence-electron chi connectivity index (χ1n) is 4.33. The van der Waals surface area contributed by atoms with Crippen LogP contribution in [0.5, 0.6) is 0 Å². The van der Waals surface area contributed by atoms with Crippen molar-refractivity contribution >= 4 is 24.9 Å². The molecular formula is C9H15NSn. The molecule has 0 amide bonds. The molecule has 0 radical (unpaired) electrons. The molecular weight excluding hydrogens is 241 g/mol. The molecule has 0 spiro atoms. The fourth-order valence-electron chi connectivity index (χ4n) is 1.10. The number of unbranched alkanes of at least 4 members (excludes halogenated alkanes) is 1. The predicted molar refractivity (Wildman–Crippen MR) is 52.1 cm³/mol. The molecule has 0 aromatic carbocycles. The van der Waals surface area contributed by atoms with Gasteiger partial charge in [-0.05, 0) is 0 Å². The summed E-state index contributed by atoms with van der Waals surface area (Å²) < 4.78 is 2.91. The summed E-state index contributed by atoms with van der Waals surface area (Å²) in [6.45, 7) is 2.25. The van der Waals surface area contributed by atoms with E-state index in [4.69, 9.17) is 0 Å². The zero-order valence-electron chi connectivity index (χ0n) is 7.09. The Bertz CT molecular complexity index is 186. The molecule has 0 bridgehead atoms. The second-order valence-corrected chi connectivity index (χ2v) is 8.29. The molecule has 0 N–H and O–H groups in total. The van der Waals surface area contributed by atoms with Crippen LogP contribution < -0.4 is 3.71 Å². The van der Waals surface area contributed by atoms with Crippen LogP contribution in [0.2, 0.25) is 4.44 Å². The third-order valence-electron chi connectivity index (χ3n) is 1.76. The van der Waals surface area contributed by atoms with Gasteiger partial charge in [-0.25, -0.2) is 0 Å². The quantitative estimate of drug-likeness (QED) is 0.580. The molecule has 1 nitrogen and oxygen atoms in total. The van der Waals surface area contributed by atoms with Gasteiger partial charge in [0.2, 0.25) is 0 Å². The van der Waals surface area contributed by atoms with Crippen LogP contribution in [0.4, 0.5) is 0 Å². The molecule has 1 aromatic heterocycles. The first-order chi connectivity index (χ1) is 5.43. The summed E-state index contributed by atoms with van der Waals surface area (Å²) in [6.07, 6.45) is 4.66. The second-order valence-electron chi connectivity index (χ2n) is 2.78. The summed E-state index contributed by atoms with van der Waals surface area (Å²) >= 11 is -0.631. The van der Waals surface area contributed by atoms with Crippen molar-refractivity contribution in [3.05, 3.63) is 24.4 Å². The van der Waals surface area contributed by atoms with Gasteiger partial charge in [-0.2, -0.15) is 0 Å². The summed E-state index contributed by atoms with van der Waals surface area (Å²) in [5.74, 6) is 0. The molecule has 11 heavy (non-hydrogen) atoms. The Morgan fingerprint density at radius 2 is 2.36 bits per heavy atom. The molecule has 0 saturated carbocycles. The Balaban J connectivity index is 2.28. The summed E-state index contributed by atoms with van der Waals surface area (Å²) in [5, 5.41) is 0. The third-order valence-corrected chi connectivity index (χ3v) is 6.85. The minimum atomic E-state index is -0.631. The first-order valence-corrected chi connectivity index (χ1v) is 9.20. The standard InChI is InChI=1S/C5H4N.C4H9.Sn.2H/c1-2-4-6-5-3-1;1-3-4-2;;;/h1-4H;1,3-4H2,2H3;;;. The molecule has 0 fully saturated rings. The Morgan fingerprint density at radius 3 is 3.00 bits per heavy atom. The number of rotatable bonds is 4. The fourth-order valence-corrected chi connectivity index (χ4v) is 5.81. The van der Waals surface area contributed by atoms with E-state index in [9.17, 15) is 0 Å². The van der Waals surface area contributed by atoms with Crippen LogP contribution >= 0.6 is 0 Å². The van der Waals surface area contributed by atoms with E-state index < -0.39 is 21.1 Å². The van der Waals surface area contributed by atoms with E-state index in [1.54, 1.807) is 0 Å². The van der Waals surface area contributed by atoms with Gasteiger partial charge in [-0.3, -0.25) is 0 Å². The van der Waals surface area contributed by atoms with E-state index in [0.717, 1.165) is 0 Å². The van der Waals surface area contributed by atoms with Crippen LogP contribution in [0.1, 0.15) is 19.8 Å². The molecule has 1 rings (SSSR count). The monoisotopic (exact) mass is 257 g/mol. The number of hydrogen-bond acceptors (Lipinski definition) is 1. The van der Waals surface area contributed by atoms with Crippen molar-refractivity contribution < 1.29 is 0 Å². The molecule has 1 heterocycles. The Labute approximate surface area is 78.5 Å². The Morgan fingerprint density at radius 1 is 1.45 bits per heavy atom. The number of hydrogen-bond donors (Lipinski definition) is 0. The van der Waals surface area contributed by atoms with E-state index in [1.807, 2.05) is 12.3 Å². The van der Waals surface area contributed by atoms with Crippen molar-refractivity contribution in [3.63, 3.8) is 0 Å². The van der Waals surface area contributed by atoms with E-state index in [0.29, 0.717) is 0 Å². The van der Waals surface area contributed by atoms with Gasteiger partial charge >= 0.3 is 78.4 Å². The number of aromatic nitrogens is 1. The average molecular weight is 256 g/mol. The normalized spacial score (nSPS) is 11.0. The average Bonchev–Trinajstić information content (AvgIpc) is 2.07. The summed E-state index contributed by atoms with van der Waals surface area (Å²) in [5.41, 5.74) is 0. The number of pyridine rings is 1. The molecule has 0 atom stereocenters. The zero-order chi connectivity index (χ0) is 7.94. The number of nitrogens with zero attached hydrogens (tertiary/aromatic N) is 1. The fraction of sp³-hybridized carbons (Fsp3) is 0.444. The maximum absolute atomic E-state index is 4.34. The molecule has 0 aliphatic heterocycles. The van der Waals surface area contributed by atoms with Crippen molar-refractivity contribution in [2.45, 2.75) is 24.2 Å². The van der Waals surface area contributed by atoms with Crippen LogP contribution in [-0.4, -0.2) is 26.1 Å². The Kier molecular flexibility index (Phi) is 4.59. The van der Waals surface area contributed by atoms with Gasteiger partial charge in [0, 0.05) is 0 Å². The van der Waals surface area contributed by atoms with Crippen LogP contribution in [0.15, 0.2) is 24.4 Å². The van der Waals surface area contributed by atoms with E-state index in [1.165, 1.54) is 21.0 Å². The molecule has 0 aliphatic rings. The van der Waals surface area contributed by atoms with Crippen molar-refractivity contribution in [3.8, 4) is 0 Å². The molecule has 0 aliphatic carbocycles. The second kappa shape index (κ2) is 5.58. The van der Waals surface area contributed by atoms with Crippen LogP contribution in [-0.2, 0) is 0 Å². The van der Waals surface area contributed by atoms with Gasteiger partial charge in [0.05, 0.1) is 0 Å². The topological polar surface area (TPSA) is 12.9 Å². The maximum atomic E-state index is 4.34. The Hall–Kier alpha value is -0.0513. The predicted octanol–water partition coefficient (Wildman–Crippen LogP) is 1.09. The van der Waals surface area contributed by atoms with Crippen LogP contribution in [0.3, 0.4) is 0 Å². The van der Waals surface area contributed by atoms with Crippen molar-refractivity contribution in [2.75, 3.05) is 0 Å². The van der Waals surface area contributed by atoms with Gasteiger partial charge in [-0.1, -0.05) is 0 Å². The van der Waals surface area contributed by atoms with Gasteiger partial charge in [-0.15, -0.1) is 0 Å². The molecule has 60 valence electrons. The summed E-state index contributed by atoms with van der Waals surface area (Å²) in [4.78, 5) is 4.34. The molecule has 0 unspecified atom stereocenters.